The summed E-state index contributed by atoms with van der Waals surface area (Å²) in [4.78, 5) is 4.52. The molecule has 0 atom stereocenters. The number of nitriles is 1. The molecule has 1 N–H and O–H groups in total. The number of rotatable bonds is 3. The van der Waals surface area contributed by atoms with Crippen LogP contribution in [0.3, 0.4) is 0 Å². The summed E-state index contributed by atoms with van der Waals surface area (Å²) >= 11 is 5.99. The molecule has 0 spiro atoms. The fourth-order valence-electron chi connectivity index (χ4n) is 2.32. The Morgan fingerprint density at radius 1 is 1.33 bits per heavy atom. The molecule has 0 aliphatic carbocycles. The van der Waals surface area contributed by atoms with Crippen molar-refractivity contribution in [3.8, 4) is 6.07 Å². The van der Waals surface area contributed by atoms with Crippen LogP contribution in [0, 0.1) is 18.3 Å². The van der Waals surface area contributed by atoms with Crippen molar-refractivity contribution >= 4 is 22.9 Å². The number of fused-ring (bicyclic) bond motifs is 1. The molecule has 104 valence electrons. The smallest absolute Gasteiger partial charge is 0.137 e. The van der Waals surface area contributed by atoms with Crippen LogP contribution < -0.4 is 5.32 Å². The molecule has 0 saturated heterocycles. The van der Waals surface area contributed by atoms with Gasteiger partial charge in [0.05, 0.1) is 29.2 Å². The zero-order valence-electron chi connectivity index (χ0n) is 11.5. The van der Waals surface area contributed by atoms with Gasteiger partial charge in [0.1, 0.15) is 11.7 Å². The Hall–Kier alpha value is -2.51. The molecule has 3 aromatic rings. The number of benzene rings is 1. The van der Waals surface area contributed by atoms with Crippen LogP contribution in [0.2, 0.25) is 5.02 Å². The second-order valence-electron chi connectivity index (χ2n) is 4.73. The normalized spacial score (nSPS) is 10.5. The first-order valence-corrected chi connectivity index (χ1v) is 6.93. The molecule has 0 aliphatic heterocycles. The summed E-state index contributed by atoms with van der Waals surface area (Å²) < 4.78 is 2.04. The summed E-state index contributed by atoms with van der Waals surface area (Å²) in [5.41, 5.74) is 4.25. The Morgan fingerprint density at radius 3 is 3.00 bits per heavy atom. The predicted octanol–water partition coefficient (Wildman–Crippen LogP) is 3.78. The highest BCUT2D eigenvalue weighted by Crippen LogP contribution is 2.22. The fourth-order valence-corrected chi connectivity index (χ4v) is 2.49. The van der Waals surface area contributed by atoms with Crippen molar-refractivity contribution in [2.24, 2.45) is 0 Å². The highest BCUT2D eigenvalue weighted by Gasteiger charge is 2.09. The van der Waals surface area contributed by atoms with E-state index in [4.69, 9.17) is 16.9 Å². The molecule has 2 heterocycles. The van der Waals surface area contributed by atoms with E-state index in [2.05, 4.69) is 16.4 Å². The molecule has 0 amide bonds. The highest BCUT2D eigenvalue weighted by atomic mass is 35.5. The second kappa shape index (κ2) is 5.47. The maximum atomic E-state index is 9.14. The topological polar surface area (TPSA) is 53.1 Å². The highest BCUT2D eigenvalue weighted by molar-refractivity contribution is 6.30. The lowest BCUT2D eigenvalue weighted by atomic mass is 10.2. The molecule has 21 heavy (non-hydrogen) atoms. The first kappa shape index (κ1) is 13.5. The van der Waals surface area contributed by atoms with Gasteiger partial charge in [0, 0.05) is 11.2 Å². The number of imidazole rings is 1. The molecular formula is C16H13ClN4. The van der Waals surface area contributed by atoms with Crippen LogP contribution in [-0.4, -0.2) is 9.38 Å². The molecule has 0 unspecified atom stereocenters. The van der Waals surface area contributed by atoms with E-state index in [1.807, 2.05) is 35.7 Å². The number of hydrogen-bond acceptors (Lipinski definition) is 3. The average Bonchev–Trinajstić information content (AvgIpc) is 2.81. The summed E-state index contributed by atoms with van der Waals surface area (Å²) in [6.07, 6.45) is 1.98. The number of pyridine rings is 1. The maximum absolute atomic E-state index is 9.14. The zero-order valence-corrected chi connectivity index (χ0v) is 12.2. The molecule has 4 nitrogen and oxygen atoms in total. The molecule has 0 bridgehead atoms. The minimum Gasteiger partial charge on any atom is -0.378 e. The number of anilines is 1. The molecule has 3 rings (SSSR count). The van der Waals surface area contributed by atoms with Gasteiger partial charge in [-0.3, -0.25) is 0 Å². The molecule has 2 aromatic heterocycles. The minimum atomic E-state index is 0.575. The lowest BCUT2D eigenvalue weighted by Crippen LogP contribution is -2.05. The minimum absolute atomic E-state index is 0.575. The van der Waals surface area contributed by atoms with Crippen molar-refractivity contribution in [2.75, 3.05) is 5.32 Å². The number of aromatic nitrogens is 2. The van der Waals surface area contributed by atoms with Crippen molar-refractivity contribution in [1.29, 1.82) is 5.26 Å². The van der Waals surface area contributed by atoms with E-state index in [0.717, 1.165) is 22.7 Å². The molecular weight excluding hydrogens is 284 g/mol. The third-order valence-electron chi connectivity index (χ3n) is 3.38. The molecule has 0 saturated carbocycles. The average molecular weight is 297 g/mol. The SMILES string of the molecule is Cc1nc2ccccn2c1CNc1cc(Cl)ccc1C#N. The Bertz CT molecular complexity index is 845. The summed E-state index contributed by atoms with van der Waals surface area (Å²) in [6, 6.07) is 13.3. The quantitative estimate of drug-likeness (QED) is 0.800. The third-order valence-corrected chi connectivity index (χ3v) is 3.61. The number of nitrogens with zero attached hydrogens (tertiary/aromatic N) is 3. The summed E-state index contributed by atoms with van der Waals surface area (Å²) in [6.45, 7) is 2.55. The van der Waals surface area contributed by atoms with Crippen LogP contribution in [0.25, 0.3) is 5.65 Å². The molecule has 5 heteroatoms. The Morgan fingerprint density at radius 2 is 2.19 bits per heavy atom. The van der Waals surface area contributed by atoms with Gasteiger partial charge < -0.3 is 9.72 Å². The van der Waals surface area contributed by atoms with Crippen LogP contribution in [0.15, 0.2) is 42.6 Å². The lowest BCUT2D eigenvalue weighted by Gasteiger charge is -2.09. The predicted molar refractivity (Wildman–Crippen MR) is 83.4 cm³/mol. The van der Waals surface area contributed by atoms with E-state index < -0.39 is 0 Å². The van der Waals surface area contributed by atoms with Gasteiger partial charge in [-0.2, -0.15) is 5.26 Å². The first-order valence-electron chi connectivity index (χ1n) is 6.55. The van der Waals surface area contributed by atoms with Gasteiger partial charge in [-0.25, -0.2) is 4.98 Å². The summed E-state index contributed by atoms with van der Waals surface area (Å²) in [7, 11) is 0. The largest absolute Gasteiger partial charge is 0.378 e. The van der Waals surface area contributed by atoms with Crippen molar-refractivity contribution in [2.45, 2.75) is 13.5 Å². The van der Waals surface area contributed by atoms with Gasteiger partial charge in [-0.05, 0) is 37.3 Å². The van der Waals surface area contributed by atoms with Crippen LogP contribution in [0.5, 0.6) is 0 Å². The number of halogens is 1. The van der Waals surface area contributed by atoms with E-state index in [1.165, 1.54) is 0 Å². The van der Waals surface area contributed by atoms with Crippen LogP contribution in [0.1, 0.15) is 17.0 Å². The Kier molecular flexibility index (Phi) is 3.51. The van der Waals surface area contributed by atoms with E-state index in [0.29, 0.717) is 17.1 Å². The molecule has 1 aromatic carbocycles. The molecule has 0 radical (unpaired) electrons. The van der Waals surface area contributed by atoms with Crippen LogP contribution in [0.4, 0.5) is 5.69 Å². The third kappa shape index (κ3) is 2.56. The van der Waals surface area contributed by atoms with Crippen LogP contribution >= 0.6 is 11.6 Å². The summed E-state index contributed by atoms with van der Waals surface area (Å²) in [5.74, 6) is 0. The summed E-state index contributed by atoms with van der Waals surface area (Å²) in [5, 5.41) is 13.0. The van der Waals surface area contributed by atoms with Crippen molar-refractivity contribution < 1.29 is 0 Å². The van der Waals surface area contributed by atoms with E-state index in [9.17, 15) is 0 Å². The van der Waals surface area contributed by atoms with Gasteiger partial charge in [-0.15, -0.1) is 0 Å². The fraction of sp³-hybridized carbons (Fsp3) is 0.125. The van der Waals surface area contributed by atoms with Gasteiger partial charge in [-0.1, -0.05) is 17.7 Å². The van der Waals surface area contributed by atoms with Crippen molar-refractivity contribution in [3.05, 3.63) is 64.6 Å². The molecule has 0 fully saturated rings. The zero-order chi connectivity index (χ0) is 14.8. The van der Waals surface area contributed by atoms with E-state index in [-0.39, 0.29) is 0 Å². The van der Waals surface area contributed by atoms with Crippen LogP contribution in [-0.2, 0) is 6.54 Å². The number of aryl methyl sites for hydroxylation is 1. The standard InChI is InChI=1S/C16H13ClN4/c1-11-15(21-7-3-2-4-16(21)20-11)10-19-14-8-13(17)6-5-12(14)9-18/h2-8,19H,10H2,1H3. The van der Waals surface area contributed by atoms with Crippen molar-refractivity contribution in [3.63, 3.8) is 0 Å². The lowest BCUT2D eigenvalue weighted by molar-refractivity contribution is 0.986. The first-order chi connectivity index (χ1) is 10.2. The maximum Gasteiger partial charge on any atom is 0.137 e. The van der Waals surface area contributed by atoms with E-state index >= 15 is 0 Å². The second-order valence-corrected chi connectivity index (χ2v) is 5.16. The number of hydrogen-bond donors (Lipinski definition) is 1. The number of nitrogens with one attached hydrogen (secondary N) is 1. The monoisotopic (exact) mass is 296 g/mol. The van der Waals surface area contributed by atoms with E-state index in [1.54, 1.807) is 18.2 Å². The van der Waals surface area contributed by atoms with Gasteiger partial charge in [0.25, 0.3) is 0 Å². The van der Waals surface area contributed by atoms with Gasteiger partial charge in [0.2, 0.25) is 0 Å². The van der Waals surface area contributed by atoms with Gasteiger partial charge in [0.15, 0.2) is 0 Å². The molecule has 0 aliphatic rings. The Balaban J connectivity index is 1.92. The van der Waals surface area contributed by atoms with Gasteiger partial charge >= 0.3 is 0 Å². The Labute approximate surface area is 127 Å². The van der Waals surface area contributed by atoms with Crippen molar-refractivity contribution in [1.82, 2.24) is 9.38 Å².